The van der Waals surface area contributed by atoms with Gasteiger partial charge in [0.2, 0.25) is 0 Å². The van der Waals surface area contributed by atoms with Crippen molar-refractivity contribution in [1.29, 1.82) is 0 Å². The summed E-state index contributed by atoms with van der Waals surface area (Å²) < 4.78 is 0. The standard InChI is InChI=1S/C20H40/c1-4-6-8-10-12-13-15-17-19-20(3)18-16-14-11-9-7-5-2/h19H,4-18H2,1-3H3/b20-19-. The van der Waals surface area contributed by atoms with Crippen LogP contribution in [0, 0.1) is 0 Å². The van der Waals surface area contributed by atoms with E-state index in [2.05, 4.69) is 26.8 Å². The highest BCUT2D eigenvalue weighted by molar-refractivity contribution is 4.97. The highest BCUT2D eigenvalue weighted by Crippen LogP contribution is 2.14. The van der Waals surface area contributed by atoms with Gasteiger partial charge in [0.15, 0.2) is 0 Å². The molecule has 0 atom stereocenters. The van der Waals surface area contributed by atoms with Crippen LogP contribution in [0.3, 0.4) is 0 Å². The number of allylic oxidation sites excluding steroid dienone is 2. The maximum Gasteiger partial charge on any atom is -0.0323 e. The van der Waals surface area contributed by atoms with E-state index >= 15 is 0 Å². The van der Waals surface area contributed by atoms with Gasteiger partial charge in [0.1, 0.15) is 0 Å². The maximum atomic E-state index is 2.50. The molecule has 0 nitrogen and oxygen atoms in total. The second kappa shape index (κ2) is 16.8. The van der Waals surface area contributed by atoms with Gasteiger partial charge in [-0.15, -0.1) is 0 Å². The zero-order valence-corrected chi connectivity index (χ0v) is 14.7. The van der Waals surface area contributed by atoms with E-state index in [1.165, 1.54) is 96.3 Å². The van der Waals surface area contributed by atoms with E-state index in [9.17, 15) is 0 Å². The average Bonchev–Trinajstić information content (AvgIpc) is 2.45. The van der Waals surface area contributed by atoms with Crippen molar-refractivity contribution in [2.45, 2.75) is 117 Å². The first kappa shape index (κ1) is 19.7. The molecule has 120 valence electrons. The summed E-state index contributed by atoms with van der Waals surface area (Å²) in [4.78, 5) is 0. The Hall–Kier alpha value is -0.260. The minimum Gasteiger partial charge on any atom is -0.0856 e. The van der Waals surface area contributed by atoms with E-state index < -0.39 is 0 Å². The van der Waals surface area contributed by atoms with Crippen molar-refractivity contribution in [3.8, 4) is 0 Å². The lowest BCUT2D eigenvalue weighted by molar-refractivity contribution is 0.590. The van der Waals surface area contributed by atoms with Crippen molar-refractivity contribution in [3.05, 3.63) is 11.6 Å². The topological polar surface area (TPSA) is 0 Å². The van der Waals surface area contributed by atoms with E-state index in [0.29, 0.717) is 0 Å². The lowest BCUT2D eigenvalue weighted by atomic mass is 10.0. The third-order valence-electron chi connectivity index (χ3n) is 4.23. The second-order valence-electron chi connectivity index (χ2n) is 6.48. The number of unbranched alkanes of at least 4 members (excludes halogenated alkanes) is 12. The Balaban J connectivity index is 3.25. The minimum absolute atomic E-state index is 1.31. The van der Waals surface area contributed by atoms with Gasteiger partial charge in [-0.25, -0.2) is 0 Å². The van der Waals surface area contributed by atoms with E-state index in [1.807, 2.05) is 0 Å². The maximum absolute atomic E-state index is 2.50. The van der Waals surface area contributed by atoms with Gasteiger partial charge in [0, 0.05) is 0 Å². The monoisotopic (exact) mass is 280 g/mol. The molecule has 0 aliphatic rings. The lowest BCUT2D eigenvalue weighted by Crippen LogP contribution is -1.83. The zero-order valence-electron chi connectivity index (χ0n) is 14.7. The number of hydrogen-bond donors (Lipinski definition) is 0. The largest absolute Gasteiger partial charge is 0.0856 e. The molecular formula is C20H40. The molecule has 0 aromatic heterocycles. The normalized spacial score (nSPS) is 12.1. The van der Waals surface area contributed by atoms with Crippen molar-refractivity contribution in [3.63, 3.8) is 0 Å². The smallest absolute Gasteiger partial charge is 0.0323 e. The molecule has 0 radical (unpaired) electrons. The quantitative estimate of drug-likeness (QED) is 0.212. The molecule has 0 aliphatic carbocycles. The van der Waals surface area contributed by atoms with Gasteiger partial charge < -0.3 is 0 Å². The molecule has 0 rings (SSSR count). The van der Waals surface area contributed by atoms with Gasteiger partial charge in [0.25, 0.3) is 0 Å². The summed E-state index contributed by atoms with van der Waals surface area (Å²) in [7, 11) is 0. The Bertz CT molecular complexity index is 202. The van der Waals surface area contributed by atoms with E-state index in [-0.39, 0.29) is 0 Å². The Morgan fingerprint density at radius 2 is 1.05 bits per heavy atom. The Morgan fingerprint density at radius 1 is 0.600 bits per heavy atom. The molecule has 0 amide bonds. The SMILES string of the molecule is CCCCCCCCC/C=C(/C)CCCCCCCC. The lowest BCUT2D eigenvalue weighted by Gasteiger charge is -2.03. The molecule has 0 unspecified atom stereocenters. The van der Waals surface area contributed by atoms with Crippen molar-refractivity contribution in [2.24, 2.45) is 0 Å². The second-order valence-corrected chi connectivity index (χ2v) is 6.48. The van der Waals surface area contributed by atoms with Crippen LogP contribution in [0.5, 0.6) is 0 Å². The first-order chi connectivity index (χ1) is 9.81. The molecule has 0 N–H and O–H groups in total. The number of rotatable bonds is 15. The van der Waals surface area contributed by atoms with Crippen LogP contribution in [-0.4, -0.2) is 0 Å². The molecule has 0 fully saturated rings. The fourth-order valence-electron chi connectivity index (χ4n) is 2.74. The summed E-state index contributed by atoms with van der Waals surface area (Å²) in [5, 5.41) is 0. The summed E-state index contributed by atoms with van der Waals surface area (Å²) in [6.07, 6.45) is 23.6. The van der Waals surface area contributed by atoms with Crippen molar-refractivity contribution in [1.82, 2.24) is 0 Å². The van der Waals surface area contributed by atoms with Crippen LogP contribution in [0.1, 0.15) is 117 Å². The molecule has 0 bridgehead atoms. The van der Waals surface area contributed by atoms with Gasteiger partial charge in [-0.05, 0) is 32.6 Å². The van der Waals surface area contributed by atoms with Crippen molar-refractivity contribution in [2.75, 3.05) is 0 Å². The van der Waals surface area contributed by atoms with Gasteiger partial charge in [0.05, 0.1) is 0 Å². The van der Waals surface area contributed by atoms with Gasteiger partial charge in [-0.1, -0.05) is 96.1 Å². The molecule has 0 aromatic carbocycles. The predicted molar refractivity (Wildman–Crippen MR) is 94.4 cm³/mol. The molecule has 0 heterocycles. The average molecular weight is 281 g/mol. The van der Waals surface area contributed by atoms with E-state index in [4.69, 9.17) is 0 Å². The molecule has 0 saturated carbocycles. The van der Waals surface area contributed by atoms with Crippen molar-refractivity contribution >= 4 is 0 Å². The molecule has 0 aromatic rings. The van der Waals surface area contributed by atoms with Crippen LogP contribution in [0.15, 0.2) is 11.6 Å². The fraction of sp³-hybridized carbons (Fsp3) is 0.900. The highest BCUT2D eigenvalue weighted by Gasteiger charge is 1.94. The van der Waals surface area contributed by atoms with Gasteiger partial charge >= 0.3 is 0 Å². The zero-order chi connectivity index (χ0) is 14.9. The van der Waals surface area contributed by atoms with E-state index in [1.54, 1.807) is 5.57 Å². The van der Waals surface area contributed by atoms with Crippen LogP contribution < -0.4 is 0 Å². The van der Waals surface area contributed by atoms with E-state index in [0.717, 1.165) is 0 Å². The van der Waals surface area contributed by atoms with Crippen LogP contribution in [0.25, 0.3) is 0 Å². The molecule has 0 heteroatoms. The summed E-state index contributed by atoms with van der Waals surface area (Å²) >= 11 is 0. The summed E-state index contributed by atoms with van der Waals surface area (Å²) in [5.41, 5.74) is 1.63. The summed E-state index contributed by atoms with van der Waals surface area (Å²) in [6.45, 7) is 6.90. The van der Waals surface area contributed by atoms with Crippen LogP contribution >= 0.6 is 0 Å². The van der Waals surface area contributed by atoms with Crippen LogP contribution in [0.4, 0.5) is 0 Å². The minimum atomic E-state index is 1.31. The predicted octanol–water partition coefficient (Wildman–Crippen LogP) is 7.82. The molecule has 20 heavy (non-hydrogen) atoms. The Morgan fingerprint density at radius 3 is 1.60 bits per heavy atom. The third kappa shape index (κ3) is 15.8. The van der Waals surface area contributed by atoms with Crippen molar-refractivity contribution < 1.29 is 0 Å². The molecular weight excluding hydrogens is 240 g/mol. The fourth-order valence-corrected chi connectivity index (χ4v) is 2.74. The summed E-state index contributed by atoms with van der Waals surface area (Å²) in [6, 6.07) is 0. The highest BCUT2D eigenvalue weighted by atomic mass is 14.0. The molecule has 0 aliphatic heterocycles. The van der Waals surface area contributed by atoms with Crippen LogP contribution in [-0.2, 0) is 0 Å². The Kier molecular flexibility index (Phi) is 16.6. The first-order valence-corrected chi connectivity index (χ1v) is 9.46. The summed E-state index contributed by atoms with van der Waals surface area (Å²) in [5.74, 6) is 0. The molecule has 0 saturated heterocycles. The first-order valence-electron chi connectivity index (χ1n) is 9.46. The van der Waals surface area contributed by atoms with Gasteiger partial charge in [-0.2, -0.15) is 0 Å². The number of hydrogen-bond acceptors (Lipinski definition) is 0. The van der Waals surface area contributed by atoms with Gasteiger partial charge in [-0.3, -0.25) is 0 Å². The van der Waals surface area contributed by atoms with Crippen LogP contribution in [0.2, 0.25) is 0 Å². The Labute approximate surface area is 129 Å². The molecule has 0 spiro atoms. The third-order valence-corrected chi connectivity index (χ3v) is 4.23.